The number of alkyl halides is 3. The maximum absolute atomic E-state index is 13.1. The van der Waals surface area contributed by atoms with Crippen LogP contribution in [-0.2, 0) is 6.18 Å². The minimum atomic E-state index is -4.71. The molecule has 1 saturated carbocycles. The van der Waals surface area contributed by atoms with Crippen LogP contribution in [-0.4, -0.2) is 22.2 Å². The van der Waals surface area contributed by atoms with Crippen molar-refractivity contribution in [2.24, 2.45) is 0 Å². The van der Waals surface area contributed by atoms with E-state index in [0.29, 0.717) is 18.9 Å². The first-order valence-electron chi connectivity index (χ1n) is 7.53. The van der Waals surface area contributed by atoms with Crippen molar-refractivity contribution < 1.29 is 23.2 Å². The zero-order valence-electron chi connectivity index (χ0n) is 12.5. The number of hydrogen-bond donors (Lipinski definition) is 2. The van der Waals surface area contributed by atoms with Crippen LogP contribution in [0.1, 0.15) is 44.1 Å². The van der Waals surface area contributed by atoms with E-state index in [1.54, 1.807) is 0 Å². The van der Waals surface area contributed by atoms with Gasteiger partial charge in [-0.25, -0.2) is 0 Å². The summed E-state index contributed by atoms with van der Waals surface area (Å²) in [4.78, 5) is 9.80. The van der Waals surface area contributed by atoms with Gasteiger partial charge in [-0.15, -0.1) is 0 Å². The van der Waals surface area contributed by atoms with E-state index in [1.165, 1.54) is 0 Å². The Morgan fingerprint density at radius 2 is 1.83 bits per heavy atom. The lowest BCUT2D eigenvalue weighted by molar-refractivity contribution is -0.385. The lowest BCUT2D eigenvalue weighted by Gasteiger charge is -2.28. The van der Waals surface area contributed by atoms with Gasteiger partial charge < -0.3 is 10.4 Å². The number of rotatable bonds is 4. The number of benzene rings is 1. The minimum Gasteiger partial charge on any atom is -0.388 e. The molecule has 1 aromatic carbocycles. The monoisotopic (exact) mass is 332 g/mol. The Hall–Kier alpha value is -1.83. The van der Waals surface area contributed by atoms with Gasteiger partial charge in [-0.3, -0.25) is 10.1 Å². The van der Waals surface area contributed by atoms with E-state index in [2.05, 4.69) is 5.32 Å². The van der Waals surface area contributed by atoms with Crippen molar-refractivity contribution in [3.05, 3.63) is 33.9 Å². The van der Waals surface area contributed by atoms with Crippen LogP contribution in [0.3, 0.4) is 0 Å². The SMILES string of the molecule is O=[N+]([O-])c1ccc(NCC2(O)CCCCCC2)c(C(F)(F)F)c1. The first-order valence-corrected chi connectivity index (χ1v) is 7.53. The quantitative estimate of drug-likeness (QED) is 0.494. The van der Waals surface area contributed by atoms with Crippen LogP contribution in [0.25, 0.3) is 0 Å². The molecule has 2 N–H and O–H groups in total. The summed E-state index contributed by atoms with van der Waals surface area (Å²) in [5, 5.41) is 23.8. The molecule has 1 aromatic rings. The second kappa shape index (κ2) is 6.74. The largest absolute Gasteiger partial charge is 0.418 e. The molecule has 0 radical (unpaired) electrons. The van der Waals surface area contributed by atoms with Crippen LogP contribution in [0.2, 0.25) is 0 Å². The first kappa shape index (κ1) is 17.5. The molecule has 1 fully saturated rings. The van der Waals surface area contributed by atoms with Gasteiger partial charge in [0, 0.05) is 24.4 Å². The summed E-state index contributed by atoms with van der Waals surface area (Å²) in [6.07, 6.45) is 0.0551. The summed E-state index contributed by atoms with van der Waals surface area (Å²) < 4.78 is 39.3. The summed E-state index contributed by atoms with van der Waals surface area (Å²) in [5.41, 5.74) is -3.00. The smallest absolute Gasteiger partial charge is 0.388 e. The molecule has 0 saturated heterocycles. The van der Waals surface area contributed by atoms with Crippen LogP contribution < -0.4 is 5.32 Å². The van der Waals surface area contributed by atoms with Crippen molar-refractivity contribution in [3.63, 3.8) is 0 Å². The van der Waals surface area contributed by atoms with Crippen LogP contribution in [0.15, 0.2) is 18.2 Å². The molecule has 0 unspecified atom stereocenters. The third-order valence-corrected chi connectivity index (χ3v) is 4.16. The Balaban J connectivity index is 2.20. The molecule has 0 heterocycles. The zero-order chi connectivity index (χ0) is 17.1. The number of nitrogens with one attached hydrogen (secondary N) is 1. The molecule has 128 valence electrons. The van der Waals surface area contributed by atoms with Crippen molar-refractivity contribution in [3.8, 4) is 0 Å². The molecular formula is C15H19F3N2O3. The topological polar surface area (TPSA) is 75.4 Å². The Morgan fingerprint density at radius 3 is 2.35 bits per heavy atom. The summed E-state index contributed by atoms with van der Waals surface area (Å²) in [7, 11) is 0. The third kappa shape index (κ3) is 4.57. The fourth-order valence-electron chi connectivity index (χ4n) is 2.86. The number of halogens is 3. The molecule has 5 nitrogen and oxygen atoms in total. The second-order valence-electron chi connectivity index (χ2n) is 5.98. The Bertz CT molecular complexity index is 568. The number of anilines is 1. The van der Waals surface area contributed by atoms with E-state index in [9.17, 15) is 28.4 Å². The highest BCUT2D eigenvalue weighted by Crippen LogP contribution is 2.37. The van der Waals surface area contributed by atoms with Gasteiger partial charge in [0.2, 0.25) is 0 Å². The van der Waals surface area contributed by atoms with Crippen molar-refractivity contribution in [1.82, 2.24) is 0 Å². The molecule has 0 atom stereocenters. The molecule has 0 aliphatic heterocycles. The number of aliphatic hydroxyl groups is 1. The van der Waals surface area contributed by atoms with Gasteiger partial charge in [-0.1, -0.05) is 25.7 Å². The maximum Gasteiger partial charge on any atom is 0.418 e. The molecule has 0 bridgehead atoms. The summed E-state index contributed by atoms with van der Waals surface area (Å²) in [6, 6.07) is 2.58. The van der Waals surface area contributed by atoms with Crippen LogP contribution in [0.5, 0.6) is 0 Å². The molecular weight excluding hydrogens is 313 g/mol. The fourth-order valence-corrected chi connectivity index (χ4v) is 2.86. The minimum absolute atomic E-state index is 0.00606. The van der Waals surface area contributed by atoms with Crippen LogP contribution in [0, 0.1) is 10.1 Å². The van der Waals surface area contributed by atoms with Crippen molar-refractivity contribution >= 4 is 11.4 Å². The van der Waals surface area contributed by atoms with E-state index in [0.717, 1.165) is 37.8 Å². The molecule has 0 spiro atoms. The number of nitro groups is 1. The average molecular weight is 332 g/mol. The van der Waals surface area contributed by atoms with Gasteiger partial charge in [-0.2, -0.15) is 13.2 Å². The predicted molar refractivity (Wildman–Crippen MR) is 79.2 cm³/mol. The number of non-ortho nitro benzene ring substituents is 1. The van der Waals surface area contributed by atoms with E-state index < -0.39 is 28.0 Å². The van der Waals surface area contributed by atoms with Gasteiger partial charge in [0.25, 0.3) is 5.69 Å². The highest BCUT2D eigenvalue weighted by Gasteiger charge is 2.36. The van der Waals surface area contributed by atoms with Gasteiger partial charge >= 0.3 is 6.18 Å². The molecule has 23 heavy (non-hydrogen) atoms. The molecule has 1 aliphatic rings. The molecule has 1 aliphatic carbocycles. The number of nitro benzene ring substituents is 1. The highest BCUT2D eigenvalue weighted by atomic mass is 19.4. The van der Waals surface area contributed by atoms with E-state index in [-0.39, 0.29) is 12.2 Å². The zero-order valence-corrected chi connectivity index (χ0v) is 12.5. The predicted octanol–water partition coefficient (Wildman–Crippen LogP) is 4.11. The first-order chi connectivity index (χ1) is 10.7. The maximum atomic E-state index is 13.1. The van der Waals surface area contributed by atoms with E-state index in [4.69, 9.17) is 0 Å². The summed E-state index contributed by atoms with van der Waals surface area (Å²) in [6.45, 7) is -0.00606. The van der Waals surface area contributed by atoms with E-state index >= 15 is 0 Å². The molecule has 0 aromatic heterocycles. The molecule has 2 rings (SSSR count). The lowest BCUT2D eigenvalue weighted by Crippen LogP contribution is -2.36. The van der Waals surface area contributed by atoms with Gasteiger partial charge in [0.15, 0.2) is 0 Å². The van der Waals surface area contributed by atoms with E-state index in [1.807, 2.05) is 0 Å². The lowest BCUT2D eigenvalue weighted by atomic mass is 9.94. The standard InChI is InChI=1S/C15H19F3N2O3/c16-15(17,18)12-9-11(20(22)23)5-6-13(12)19-10-14(21)7-3-1-2-4-8-14/h5-6,9,19,21H,1-4,7-8,10H2. The normalized spacial score (nSPS) is 18.3. The van der Waals surface area contributed by atoms with Crippen LogP contribution >= 0.6 is 0 Å². The number of hydrogen-bond acceptors (Lipinski definition) is 4. The number of nitrogens with zero attached hydrogens (tertiary/aromatic N) is 1. The fraction of sp³-hybridized carbons (Fsp3) is 0.600. The summed E-state index contributed by atoms with van der Waals surface area (Å²) in [5.74, 6) is 0. The Morgan fingerprint density at radius 1 is 1.22 bits per heavy atom. The average Bonchev–Trinajstić information content (AvgIpc) is 2.69. The van der Waals surface area contributed by atoms with Gasteiger partial charge in [0.1, 0.15) is 0 Å². The molecule has 8 heteroatoms. The Labute approximate surface area is 131 Å². The van der Waals surface area contributed by atoms with Gasteiger partial charge in [0.05, 0.1) is 16.1 Å². The Kier molecular flexibility index (Phi) is 5.13. The van der Waals surface area contributed by atoms with Gasteiger partial charge in [-0.05, 0) is 18.9 Å². The van der Waals surface area contributed by atoms with Crippen molar-refractivity contribution in [1.29, 1.82) is 0 Å². The van der Waals surface area contributed by atoms with Crippen molar-refractivity contribution in [2.45, 2.75) is 50.3 Å². The highest BCUT2D eigenvalue weighted by molar-refractivity contribution is 5.57. The summed E-state index contributed by atoms with van der Waals surface area (Å²) >= 11 is 0. The third-order valence-electron chi connectivity index (χ3n) is 4.16. The molecule has 0 amide bonds. The van der Waals surface area contributed by atoms with Crippen molar-refractivity contribution in [2.75, 3.05) is 11.9 Å². The van der Waals surface area contributed by atoms with Crippen LogP contribution in [0.4, 0.5) is 24.5 Å². The second-order valence-corrected chi connectivity index (χ2v) is 5.98.